The highest BCUT2D eigenvalue weighted by Gasteiger charge is 2.10. The molecule has 5 nitrogen and oxygen atoms in total. The molecule has 19 heavy (non-hydrogen) atoms. The molecule has 0 bridgehead atoms. The highest BCUT2D eigenvalue weighted by molar-refractivity contribution is 7.90. The van der Waals surface area contributed by atoms with Crippen LogP contribution in [0.5, 0.6) is 0 Å². The summed E-state index contributed by atoms with van der Waals surface area (Å²) in [6.45, 7) is 0.121. The first kappa shape index (κ1) is 15.4. The normalized spacial score (nSPS) is 11.1. The van der Waals surface area contributed by atoms with Crippen molar-refractivity contribution in [3.8, 4) is 0 Å². The van der Waals surface area contributed by atoms with Crippen molar-refractivity contribution in [3.63, 3.8) is 0 Å². The van der Waals surface area contributed by atoms with E-state index in [1.54, 1.807) is 0 Å². The fourth-order valence-electron chi connectivity index (χ4n) is 1.30. The van der Waals surface area contributed by atoms with Gasteiger partial charge in [0.2, 0.25) is 0 Å². The second-order valence-electron chi connectivity index (χ2n) is 3.97. The molecule has 0 saturated heterocycles. The van der Waals surface area contributed by atoms with E-state index in [1.807, 2.05) is 0 Å². The highest BCUT2D eigenvalue weighted by atomic mass is 32.2. The van der Waals surface area contributed by atoms with Gasteiger partial charge in [-0.25, -0.2) is 22.0 Å². The lowest BCUT2D eigenvalue weighted by atomic mass is 10.3. The fraction of sp³-hybridized carbons (Fsp3) is 0.364. The van der Waals surface area contributed by atoms with Gasteiger partial charge in [0.25, 0.3) is 0 Å². The van der Waals surface area contributed by atoms with Crippen LogP contribution in [0, 0.1) is 11.6 Å². The first-order valence-corrected chi connectivity index (χ1v) is 7.52. The van der Waals surface area contributed by atoms with Crippen molar-refractivity contribution < 1.29 is 22.0 Å². The molecule has 0 aromatic heterocycles. The molecule has 1 aromatic carbocycles. The topological polar surface area (TPSA) is 75.3 Å². The maximum Gasteiger partial charge on any atom is 0.319 e. The van der Waals surface area contributed by atoms with Gasteiger partial charge in [0.15, 0.2) is 11.6 Å². The van der Waals surface area contributed by atoms with Gasteiger partial charge in [0.1, 0.15) is 9.84 Å². The number of urea groups is 1. The highest BCUT2D eigenvalue weighted by Crippen LogP contribution is 2.16. The smallest absolute Gasteiger partial charge is 0.319 e. The van der Waals surface area contributed by atoms with Crippen molar-refractivity contribution in [2.75, 3.05) is 23.9 Å². The molecule has 0 unspecified atom stereocenters. The lowest BCUT2D eigenvalue weighted by Gasteiger charge is -2.08. The SMILES string of the molecule is CS(=O)(=O)CCCNC(=O)Nc1cccc(F)c1F. The van der Waals surface area contributed by atoms with Gasteiger partial charge in [-0.15, -0.1) is 0 Å². The Kier molecular flexibility index (Phi) is 5.22. The van der Waals surface area contributed by atoms with Crippen LogP contribution in [0.1, 0.15) is 6.42 Å². The van der Waals surface area contributed by atoms with Gasteiger partial charge < -0.3 is 10.6 Å². The summed E-state index contributed by atoms with van der Waals surface area (Å²) in [4.78, 5) is 11.3. The number of carbonyl (C=O) groups is 1. The molecular weight excluding hydrogens is 278 g/mol. The number of sulfone groups is 1. The van der Waals surface area contributed by atoms with Crippen molar-refractivity contribution in [3.05, 3.63) is 29.8 Å². The van der Waals surface area contributed by atoms with E-state index in [0.717, 1.165) is 12.3 Å². The zero-order valence-electron chi connectivity index (χ0n) is 10.2. The summed E-state index contributed by atoms with van der Waals surface area (Å²) in [6, 6.07) is 2.69. The zero-order valence-corrected chi connectivity index (χ0v) is 11.1. The Hall–Kier alpha value is -1.70. The van der Waals surface area contributed by atoms with Crippen LogP contribution >= 0.6 is 0 Å². The Labute approximate surface area is 109 Å². The molecule has 0 radical (unpaired) electrons. The number of halogens is 2. The Balaban J connectivity index is 2.42. The third-order valence-electron chi connectivity index (χ3n) is 2.18. The Morgan fingerprint density at radius 2 is 2.00 bits per heavy atom. The maximum absolute atomic E-state index is 13.2. The molecule has 1 rings (SSSR count). The molecule has 106 valence electrons. The minimum atomic E-state index is -3.07. The number of hydrogen-bond acceptors (Lipinski definition) is 3. The van der Waals surface area contributed by atoms with Crippen molar-refractivity contribution in [2.24, 2.45) is 0 Å². The predicted octanol–water partition coefficient (Wildman–Crippen LogP) is 1.52. The molecule has 2 N–H and O–H groups in total. The summed E-state index contributed by atoms with van der Waals surface area (Å²) in [7, 11) is -3.07. The Bertz CT molecular complexity index is 561. The van der Waals surface area contributed by atoms with Crippen LogP contribution in [-0.4, -0.2) is 33.0 Å². The first-order chi connectivity index (χ1) is 8.79. The van der Waals surface area contributed by atoms with Crippen molar-refractivity contribution >= 4 is 21.6 Å². The molecule has 0 heterocycles. The quantitative estimate of drug-likeness (QED) is 0.808. The minimum absolute atomic E-state index is 0.0540. The number of hydrogen-bond donors (Lipinski definition) is 2. The van der Waals surface area contributed by atoms with Crippen LogP contribution in [0.4, 0.5) is 19.3 Å². The number of anilines is 1. The fourth-order valence-corrected chi connectivity index (χ4v) is 1.97. The second kappa shape index (κ2) is 6.46. The van der Waals surface area contributed by atoms with Crippen LogP contribution in [0.25, 0.3) is 0 Å². The van der Waals surface area contributed by atoms with E-state index in [9.17, 15) is 22.0 Å². The summed E-state index contributed by atoms with van der Waals surface area (Å²) >= 11 is 0. The second-order valence-corrected chi connectivity index (χ2v) is 6.23. The number of nitrogens with one attached hydrogen (secondary N) is 2. The Morgan fingerprint density at radius 1 is 1.32 bits per heavy atom. The molecule has 1 aromatic rings. The van der Waals surface area contributed by atoms with E-state index >= 15 is 0 Å². The molecular formula is C11H14F2N2O3S. The van der Waals surface area contributed by atoms with E-state index < -0.39 is 27.5 Å². The summed E-state index contributed by atoms with van der Waals surface area (Å²) < 4.78 is 47.7. The molecule has 0 aliphatic heterocycles. The number of carbonyl (C=O) groups excluding carboxylic acids is 1. The van der Waals surface area contributed by atoms with E-state index in [1.165, 1.54) is 12.1 Å². The molecule has 2 amide bonds. The molecule has 8 heteroatoms. The molecule has 0 aliphatic carbocycles. The van der Waals surface area contributed by atoms with Crippen LogP contribution in [0.15, 0.2) is 18.2 Å². The molecule has 0 fully saturated rings. The summed E-state index contributed by atoms with van der Waals surface area (Å²) in [5, 5.41) is 4.48. The number of benzene rings is 1. The van der Waals surface area contributed by atoms with Crippen molar-refractivity contribution in [2.45, 2.75) is 6.42 Å². The first-order valence-electron chi connectivity index (χ1n) is 5.46. The van der Waals surface area contributed by atoms with E-state index in [0.29, 0.717) is 0 Å². The summed E-state index contributed by atoms with van der Waals surface area (Å²) in [6.07, 6.45) is 1.34. The van der Waals surface area contributed by atoms with Gasteiger partial charge >= 0.3 is 6.03 Å². The van der Waals surface area contributed by atoms with Crippen LogP contribution in [0.2, 0.25) is 0 Å². The predicted molar refractivity (Wildman–Crippen MR) is 67.7 cm³/mol. The maximum atomic E-state index is 13.2. The molecule has 0 atom stereocenters. The summed E-state index contributed by atoms with van der Waals surface area (Å²) in [5.41, 5.74) is -0.277. The van der Waals surface area contributed by atoms with Gasteiger partial charge in [-0.3, -0.25) is 0 Å². The third kappa shape index (κ3) is 5.64. The van der Waals surface area contributed by atoms with E-state index in [4.69, 9.17) is 0 Å². The Morgan fingerprint density at radius 3 is 2.63 bits per heavy atom. The lowest BCUT2D eigenvalue weighted by Crippen LogP contribution is -2.30. The average Bonchev–Trinajstić information content (AvgIpc) is 2.29. The van der Waals surface area contributed by atoms with Gasteiger partial charge in [0, 0.05) is 12.8 Å². The molecule has 0 saturated carbocycles. The van der Waals surface area contributed by atoms with Gasteiger partial charge in [0.05, 0.1) is 11.4 Å². The van der Waals surface area contributed by atoms with Gasteiger partial charge in [-0.2, -0.15) is 0 Å². The largest absolute Gasteiger partial charge is 0.338 e. The van der Waals surface area contributed by atoms with Crippen molar-refractivity contribution in [1.82, 2.24) is 5.32 Å². The molecule has 0 spiro atoms. The monoisotopic (exact) mass is 292 g/mol. The molecule has 0 aliphatic rings. The van der Waals surface area contributed by atoms with Crippen molar-refractivity contribution in [1.29, 1.82) is 0 Å². The number of amides is 2. The average molecular weight is 292 g/mol. The van der Waals surface area contributed by atoms with Crippen LogP contribution in [-0.2, 0) is 9.84 Å². The van der Waals surface area contributed by atoms with E-state index in [-0.39, 0.29) is 24.4 Å². The lowest BCUT2D eigenvalue weighted by molar-refractivity contribution is 0.252. The zero-order chi connectivity index (χ0) is 14.5. The number of rotatable bonds is 5. The summed E-state index contributed by atoms with van der Waals surface area (Å²) in [5.74, 6) is -2.26. The third-order valence-corrected chi connectivity index (χ3v) is 3.21. The van der Waals surface area contributed by atoms with Gasteiger partial charge in [-0.05, 0) is 18.6 Å². The minimum Gasteiger partial charge on any atom is -0.338 e. The van der Waals surface area contributed by atoms with Gasteiger partial charge in [-0.1, -0.05) is 6.07 Å². The standard InChI is InChI=1S/C11H14F2N2O3S/c1-19(17,18)7-3-6-14-11(16)15-9-5-2-4-8(12)10(9)13/h2,4-5H,3,6-7H2,1H3,(H2,14,15,16). The van der Waals surface area contributed by atoms with E-state index in [2.05, 4.69) is 10.6 Å². The van der Waals surface area contributed by atoms with Crippen LogP contribution < -0.4 is 10.6 Å². The van der Waals surface area contributed by atoms with Crippen LogP contribution in [0.3, 0.4) is 0 Å².